The Morgan fingerprint density at radius 1 is 1.44 bits per heavy atom. The van der Waals surface area contributed by atoms with Crippen molar-refractivity contribution in [1.29, 1.82) is 5.26 Å². The molecule has 0 saturated heterocycles. The number of carbonyl (C=O) groups is 1. The normalized spacial score (nSPS) is 16.3. The van der Waals surface area contributed by atoms with Gasteiger partial charge in [-0.3, -0.25) is 4.79 Å². The summed E-state index contributed by atoms with van der Waals surface area (Å²) in [6.45, 7) is 0. The first-order valence-electron chi connectivity index (χ1n) is 5.04. The van der Waals surface area contributed by atoms with Crippen LogP contribution in [0.15, 0.2) is 28.7 Å². The van der Waals surface area contributed by atoms with Gasteiger partial charge in [-0.05, 0) is 37.1 Å². The van der Waals surface area contributed by atoms with Crippen LogP contribution in [0.2, 0.25) is 0 Å². The highest BCUT2D eigenvalue weighted by molar-refractivity contribution is 9.10. The average Bonchev–Trinajstić information content (AvgIpc) is 3.09. The molecule has 1 fully saturated rings. The van der Waals surface area contributed by atoms with Gasteiger partial charge in [0, 0.05) is 17.2 Å². The highest BCUT2D eigenvalue weighted by Crippen LogP contribution is 2.46. The van der Waals surface area contributed by atoms with Gasteiger partial charge in [-0.25, -0.2) is 0 Å². The molecule has 0 aliphatic heterocycles. The third-order valence-electron chi connectivity index (χ3n) is 2.89. The predicted molar refractivity (Wildman–Crippen MR) is 64.8 cm³/mol. The molecule has 0 atom stereocenters. The maximum atomic E-state index is 12.0. The lowest BCUT2D eigenvalue weighted by molar-refractivity contribution is -0.121. The number of hydrogen-bond acceptors (Lipinski definition) is 2. The van der Waals surface area contributed by atoms with Crippen molar-refractivity contribution < 1.29 is 4.79 Å². The van der Waals surface area contributed by atoms with Crippen molar-refractivity contribution in [3.63, 3.8) is 0 Å². The van der Waals surface area contributed by atoms with E-state index in [4.69, 9.17) is 5.26 Å². The number of carbonyl (C=O) groups excluding carboxylic acids is 1. The average molecular weight is 279 g/mol. The zero-order valence-electron chi connectivity index (χ0n) is 8.90. The molecule has 0 N–H and O–H groups in total. The fraction of sp³-hybridized carbons (Fsp3) is 0.333. The second-order valence-corrected chi connectivity index (χ2v) is 4.95. The molecule has 0 heterocycles. The van der Waals surface area contributed by atoms with Crippen molar-refractivity contribution in [2.45, 2.75) is 12.8 Å². The molecule has 1 aliphatic rings. The topological polar surface area (TPSA) is 44.1 Å². The Balaban J connectivity index is 2.20. The second kappa shape index (κ2) is 3.91. The van der Waals surface area contributed by atoms with Crippen molar-refractivity contribution in [1.82, 2.24) is 0 Å². The van der Waals surface area contributed by atoms with Gasteiger partial charge in [0.1, 0.15) is 5.41 Å². The Bertz CT molecular complexity index is 457. The minimum atomic E-state index is -0.748. The van der Waals surface area contributed by atoms with Gasteiger partial charge in [-0.2, -0.15) is 5.26 Å². The lowest BCUT2D eigenvalue weighted by Gasteiger charge is -2.19. The van der Waals surface area contributed by atoms with Crippen LogP contribution in [0.1, 0.15) is 12.8 Å². The number of halogens is 1. The molecule has 1 amide bonds. The molecule has 3 nitrogen and oxygen atoms in total. The Kier molecular flexibility index (Phi) is 2.73. The van der Waals surface area contributed by atoms with Crippen LogP contribution in [0.3, 0.4) is 0 Å². The SMILES string of the molecule is CN(C(=O)C1(C#N)CC1)c1ccc(Br)cc1. The summed E-state index contributed by atoms with van der Waals surface area (Å²) >= 11 is 3.34. The smallest absolute Gasteiger partial charge is 0.247 e. The van der Waals surface area contributed by atoms with E-state index in [9.17, 15) is 4.79 Å². The zero-order chi connectivity index (χ0) is 11.8. The van der Waals surface area contributed by atoms with E-state index in [1.165, 1.54) is 0 Å². The summed E-state index contributed by atoms with van der Waals surface area (Å²) in [7, 11) is 1.71. The highest BCUT2D eigenvalue weighted by Gasteiger charge is 2.52. The monoisotopic (exact) mass is 278 g/mol. The molecule has 1 aromatic rings. The maximum Gasteiger partial charge on any atom is 0.247 e. The van der Waals surface area contributed by atoms with Gasteiger partial charge in [-0.15, -0.1) is 0 Å². The first-order valence-corrected chi connectivity index (χ1v) is 5.83. The molecular weight excluding hydrogens is 268 g/mol. The molecule has 0 aromatic heterocycles. The molecule has 0 radical (unpaired) electrons. The summed E-state index contributed by atoms with van der Waals surface area (Å²) in [5.74, 6) is -0.0997. The zero-order valence-corrected chi connectivity index (χ0v) is 10.5. The van der Waals surface area contributed by atoms with Crippen LogP contribution in [-0.4, -0.2) is 13.0 Å². The summed E-state index contributed by atoms with van der Waals surface area (Å²) in [4.78, 5) is 13.6. The summed E-state index contributed by atoms with van der Waals surface area (Å²) < 4.78 is 0.971. The van der Waals surface area contributed by atoms with Gasteiger partial charge in [0.15, 0.2) is 0 Å². The van der Waals surface area contributed by atoms with Crippen LogP contribution in [0.25, 0.3) is 0 Å². The van der Waals surface area contributed by atoms with Crippen molar-refractivity contribution in [3.8, 4) is 6.07 Å². The van der Waals surface area contributed by atoms with Gasteiger partial charge in [0.2, 0.25) is 5.91 Å². The van der Waals surface area contributed by atoms with E-state index in [0.29, 0.717) is 12.8 Å². The quantitative estimate of drug-likeness (QED) is 0.835. The van der Waals surface area contributed by atoms with Gasteiger partial charge in [-0.1, -0.05) is 15.9 Å². The summed E-state index contributed by atoms with van der Waals surface area (Å²) in [6.07, 6.45) is 1.37. The van der Waals surface area contributed by atoms with E-state index < -0.39 is 5.41 Å². The van der Waals surface area contributed by atoms with Gasteiger partial charge < -0.3 is 4.90 Å². The Hall–Kier alpha value is -1.34. The number of hydrogen-bond donors (Lipinski definition) is 0. The van der Waals surface area contributed by atoms with Crippen LogP contribution in [-0.2, 0) is 4.79 Å². The van der Waals surface area contributed by atoms with Crippen LogP contribution >= 0.6 is 15.9 Å². The predicted octanol–water partition coefficient (Wildman–Crippen LogP) is 2.72. The van der Waals surface area contributed by atoms with Crippen molar-refractivity contribution in [2.75, 3.05) is 11.9 Å². The molecule has 0 spiro atoms. The van der Waals surface area contributed by atoms with Crippen LogP contribution in [0, 0.1) is 16.7 Å². The van der Waals surface area contributed by atoms with E-state index in [-0.39, 0.29) is 5.91 Å². The molecule has 1 saturated carbocycles. The number of benzene rings is 1. The fourth-order valence-corrected chi connectivity index (χ4v) is 1.87. The third kappa shape index (κ3) is 1.83. The number of amides is 1. The lowest BCUT2D eigenvalue weighted by atomic mass is 10.1. The third-order valence-corrected chi connectivity index (χ3v) is 3.42. The first kappa shape index (κ1) is 11.2. The molecule has 82 valence electrons. The largest absolute Gasteiger partial charge is 0.314 e. The van der Waals surface area contributed by atoms with E-state index in [1.807, 2.05) is 24.3 Å². The van der Waals surface area contributed by atoms with Crippen LogP contribution < -0.4 is 4.90 Å². The molecule has 2 rings (SSSR count). The van der Waals surface area contributed by atoms with E-state index in [1.54, 1.807) is 11.9 Å². The van der Waals surface area contributed by atoms with E-state index >= 15 is 0 Å². The van der Waals surface area contributed by atoms with Gasteiger partial charge in [0.05, 0.1) is 6.07 Å². The molecule has 1 aliphatic carbocycles. The molecule has 1 aromatic carbocycles. The molecule has 0 unspecified atom stereocenters. The molecular formula is C12H11BrN2O. The van der Waals surface area contributed by atoms with E-state index in [2.05, 4.69) is 22.0 Å². The fourth-order valence-electron chi connectivity index (χ4n) is 1.60. The molecule has 0 bridgehead atoms. The standard InChI is InChI=1S/C12H11BrN2O/c1-15(10-4-2-9(13)3-5-10)11(16)12(8-14)6-7-12/h2-5H,6-7H2,1H3. The number of rotatable bonds is 2. The Labute approximate surface area is 103 Å². The van der Waals surface area contributed by atoms with Crippen LogP contribution in [0.4, 0.5) is 5.69 Å². The molecule has 16 heavy (non-hydrogen) atoms. The highest BCUT2D eigenvalue weighted by atomic mass is 79.9. The van der Waals surface area contributed by atoms with Crippen molar-refractivity contribution >= 4 is 27.5 Å². The number of nitriles is 1. The summed E-state index contributed by atoms with van der Waals surface area (Å²) in [5, 5.41) is 8.96. The number of nitrogens with zero attached hydrogens (tertiary/aromatic N) is 2. The van der Waals surface area contributed by atoms with Crippen molar-refractivity contribution in [2.24, 2.45) is 5.41 Å². The van der Waals surface area contributed by atoms with Crippen molar-refractivity contribution in [3.05, 3.63) is 28.7 Å². The Morgan fingerprint density at radius 3 is 2.44 bits per heavy atom. The second-order valence-electron chi connectivity index (χ2n) is 4.03. The minimum absolute atomic E-state index is 0.0997. The minimum Gasteiger partial charge on any atom is -0.314 e. The van der Waals surface area contributed by atoms with Gasteiger partial charge >= 0.3 is 0 Å². The molecule has 4 heteroatoms. The summed E-state index contributed by atoms with van der Waals surface area (Å²) in [6, 6.07) is 9.59. The van der Waals surface area contributed by atoms with E-state index in [0.717, 1.165) is 10.2 Å². The van der Waals surface area contributed by atoms with Crippen LogP contribution in [0.5, 0.6) is 0 Å². The maximum absolute atomic E-state index is 12.0. The number of anilines is 1. The first-order chi connectivity index (χ1) is 7.59. The van der Waals surface area contributed by atoms with Gasteiger partial charge in [0.25, 0.3) is 0 Å². The Morgan fingerprint density at radius 2 is 2.00 bits per heavy atom. The lowest BCUT2D eigenvalue weighted by Crippen LogP contribution is -2.33. The summed E-state index contributed by atoms with van der Waals surface area (Å²) in [5.41, 5.74) is 0.0664.